The van der Waals surface area contributed by atoms with Crippen LogP contribution in [0.15, 0.2) is 24.3 Å². The van der Waals surface area contributed by atoms with Crippen molar-refractivity contribution in [3.05, 3.63) is 29.8 Å². The summed E-state index contributed by atoms with van der Waals surface area (Å²) >= 11 is 0. The van der Waals surface area contributed by atoms with Crippen molar-refractivity contribution in [1.29, 1.82) is 0 Å². The van der Waals surface area contributed by atoms with Gasteiger partial charge in [-0.05, 0) is 37.5 Å². The minimum absolute atomic E-state index is 0.0585. The van der Waals surface area contributed by atoms with Crippen LogP contribution >= 0.6 is 0 Å². The molecule has 1 aromatic rings. The maximum Gasteiger partial charge on any atom is 0.387 e. The normalized spacial score (nSPS) is 22.6. The Hall–Kier alpha value is -1.73. The van der Waals surface area contributed by atoms with Crippen LogP contribution in [0.1, 0.15) is 31.4 Å². The second-order valence-corrected chi connectivity index (χ2v) is 5.24. The molecule has 1 fully saturated rings. The molecule has 122 valence electrons. The summed E-state index contributed by atoms with van der Waals surface area (Å²) in [6.07, 6.45) is 0.902. The van der Waals surface area contributed by atoms with E-state index in [9.17, 15) is 13.6 Å². The molecule has 1 aliphatic rings. The van der Waals surface area contributed by atoms with E-state index in [1.165, 1.54) is 12.1 Å². The number of carbonyl (C=O) groups excluding carboxylic acids is 1. The van der Waals surface area contributed by atoms with E-state index in [2.05, 4.69) is 10.1 Å². The first-order valence-electron chi connectivity index (χ1n) is 7.20. The van der Waals surface area contributed by atoms with Crippen LogP contribution in [-0.4, -0.2) is 31.3 Å². The quantitative estimate of drug-likeness (QED) is 0.842. The SMILES string of the molecule is CC(NC(=O)[C@@H]1CC[C@H](CN)O1)c1ccc(OC(F)F)cc1. The molecule has 1 saturated heterocycles. The molecule has 0 bridgehead atoms. The zero-order chi connectivity index (χ0) is 16.1. The van der Waals surface area contributed by atoms with E-state index in [0.717, 1.165) is 12.0 Å². The molecule has 22 heavy (non-hydrogen) atoms. The van der Waals surface area contributed by atoms with Gasteiger partial charge in [0.2, 0.25) is 5.91 Å². The average Bonchev–Trinajstić information content (AvgIpc) is 2.96. The van der Waals surface area contributed by atoms with Crippen molar-refractivity contribution in [2.75, 3.05) is 6.54 Å². The zero-order valence-corrected chi connectivity index (χ0v) is 12.3. The lowest BCUT2D eigenvalue weighted by atomic mass is 10.1. The van der Waals surface area contributed by atoms with Crippen molar-refractivity contribution >= 4 is 5.91 Å². The van der Waals surface area contributed by atoms with Crippen molar-refractivity contribution in [3.63, 3.8) is 0 Å². The van der Waals surface area contributed by atoms with Gasteiger partial charge in [-0.25, -0.2) is 0 Å². The summed E-state index contributed by atoms with van der Waals surface area (Å²) in [6.45, 7) is -0.626. The van der Waals surface area contributed by atoms with Gasteiger partial charge in [-0.1, -0.05) is 12.1 Å². The van der Waals surface area contributed by atoms with Crippen LogP contribution in [0.25, 0.3) is 0 Å². The fraction of sp³-hybridized carbons (Fsp3) is 0.533. The van der Waals surface area contributed by atoms with Crippen molar-refractivity contribution in [2.45, 2.75) is 44.6 Å². The van der Waals surface area contributed by atoms with E-state index < -0.39 is 12.7 Å². The molecule has 5 nitrogen and oxygen atoms in total. The molecule has 2 rings (SSSR count). The Labute approximate surface area is 127 Å². The molecule has 1 aromatic carbocycles. The second kappa shape index (κ2) is 7.51. The standard InChI is InChI=1S/C15H20F2N2O3/c1-9(10-2-4-11(5-3-10)22-15(16)17)19-14(20)13-7-6-12(8-18)21-13/h2-5,9,12-13,15H,6-8,18H2,1H3,(H,19,20)/t9?,12-,13+/m1/s1. The molecule has 0 spiro atoms. The summed E-state index contributed by atoms with van der Waals surface area (Å²) in [5, 5.41) is 2.85. The van der Waals surface area contributed by atoms with Gasteiger partial charge < -0.3 is 20.5 Å². The number of nitrogens with one attached hydrogen (secondary N) is 1. The predicted octanol–water partition coefficient (Wildman–Crippen LogP) is 1.97. The maximum absolute atomic E-state index is 12.1. The van der Waals surface area contributed by atoms with E-state index in [1.54, 1.807) is 12.1 Å². The lowest BCUT2D eigenvalue weighted by Gasteiger charge is -2.18. The van der Waals surface area contributed by atoms with Gasteiger partial charge >= 0.3 is 6.61 Å². The van der Waals surface area contributed by atoms with Crippen molar-refractivity contribution in [3.8, 4) is 5.75 Å². The molecule has 3 atom stereocenters. The van der Waals surface area contributed by atoms with Gasteiger partial charge in [0.15, 0.2) is 0 Å². The number of ether oxygens (including phenoxy) is 2. The fourth-order valence-corrected chi connectivity index (χ4v) is 2.40. The summed E-state index contributed by atoms with van der Waals surface area (Å²) in [6, 6.07) is 5.91. The highest BCUT2D eigenvalue weighted by atomic mass is 19.3. The third kappa shape index (κ3) is 4.38. The number of benzene rings is 1. The molecule has 0 aliphatic carbocycles. The monoisotopic (exact) mass is 314 g/mol. The molecule has 7 heteroatoms. The molecular weight excluding hydrogens is 294 g/mol. The Morgan fingerprint density at radius 2 is 2.09 bits per heavy atom. The topological polar surface area (TPSA) is 73.6 Å². The molecule has 1 amide bonds. The van der Waals surface area contributed by atoms with E-state index in [1.807, 2.05) is 6.92 Å². The van der Waals surface area contributed by atoms with E-state index in [0.29, 0.717) is 13.0 Å². The molecule has 1 heterocycles. The molecular formula is C15H20F2N2O3. The van der Waals surface area contributed by atoms with Crippen LogP contribution in [0.3, 0.4) is 0 Å². The highest BCUT2D eigenvalue weighted by Gasteiger charge is 2.30. The van der Waals surface area contributed by atoms with Crippen LogP contribution in [-0.2, 0) is 9.53 Å². The number of hydrogen-bond acceptors (Lipinski definition) is 4. The van der Waals surface area contributed by atoms with Gasteiger partial charge in [0.25, 0.3) is 0 Å². The number of rotatable bonds is 6. The first-order chi connectivity index (χ1) is 10.5. The first-order valence-corrected chi connectivity index (χ1v) is 7.20. The van der Waals surface area contributed by atoms with Gasteiger partial charge in [-0.2, -0.15) is 8.78 Å². The number of halogens is 2. The molecule has 1 aliphatic heterocycles. The fourth-order valence-electron chi connectivity index (χ4n) is 2.40. The van der Waals surface area contributed by atoms with Gasteiger partial charge in [0.1, 0.15) is 11.9 Å². The number of hydrogen-bond donors (Lipinski definition) is 2. The van der Waals surface area contributed by atoms with Crippen molar-refractivity contribution in [2.24, 2.45) is 5.73 Å². The van der Waals surface area contributed by atoms with Crippen LogP contribution in [0.2, 0.25) is 0 Å². The van der Waals surface area contributed by atoms with Crippen molar-refractivity contribution < 1.29 is 23.0 Å². The van der Waals surface area contributed by atoms with Crippen molar-refractivity contribution in [1.82, 2.24) is 5.32 Å². The largest absolute Gasteiger partial charge is 0.435 e. The second-order valence-electron chi connectivity index (χ2n) is 5.24. The van der Waals surface area contributed by atoms with E-state index in [-0.39, 0.29) is 23.8 Å². The lowest BCUT2D eigenvalue weighted by Crippen LogP contribution is -2.36. The zero-order valence-electron chi connectivity index (χ0n) is 12.3. The summed E-state index contributed by atoms with van der Waals surface area (Å²) in [5.74, 6) is -0.0986. The number of amides is 1. The Bertz CT molecular complexity index is 496. The highest BCUT2D eigenvalue weighted by molar-refractivity contribution is 5.81. The number of carbonyl (C=O) groups is 1. The predicted molar refractivity (Wildman–Crippen MR) is 76.6 cm³/mol. The van der Waals surface area contributed by atoms with E-state index >= 15 is 0 Å². The molecule has 3 N–H and O–H groups in total. The smallest absolute Gasteiger partial charge is 0.387 e. The third-order valence-corrected chi connectivity index (χ3v) is 3.63. The summed E-state index contributed by atoms with van der Waals surface area (Å²) in [7, 11) is 0. The summed E-state index contributed by atoms with van der Waals surface area (Å²) in [4.78, 5) is 12.1. The third-order valence-electron chi connectivity index (χ3n) is 3.63. The van der Waals surface area contributed by atoms with Gasteiger partial charge in [-0.3, -0.25) is 4.79 Å². The van der Waals surface area contributed by atoms with Gasteiger partial charge in [0.05, 0.1) is 12.1 Å². The maximum atomic E-state index is 12.1. The number of alkyl halides is 2. The van der Waals surface area contributed by atoms with Crippen LogP contribution in [0.4, 0.5) is 8.78 Å². The van der Waals surface area contributed by atoms with E-state index in [4.69, 9.17) is 10.5 Å². The Kier molecular flexibility index (Phi) is 5.68. The Morgan fingerprint density at radius 3 is 2.64 bits per heavy atom. The first kappa shape index (κ1) is 16.6. The molecule has 1 unspecified atom stereocenters. The Morgan fingerprint density at radius 1 is 1.41 bits per heavy atom. The molecule has 0 radical (unpaired) electrons. The van der Waals surface area contributed by atoms with Gasteiger partial charge in [0, 0.05) is 6.54 Å². The van der Waals surface area contributed by atoms with Gasteiger partial charge in [-0.15, -0.1) is 0 Å². The minimum Gasteiger partial charge on any atom is -0.435 e. The Balaban J connectivity index is 1.88. The molecule has 0 aromatic heterocycles. The van der Waals surface area contributed by atoms with Crippen LogP contribution in [0, 0.1) is 0 Å². The summed E-state index contributed by atoms with van der Waals surface area (Å²) < 4.78 is 34.0. The minimum atomic E-state index is -2.85. The summed E-state index contributed by atoms with van der Waals surface area (Å²) in [5.41, 5.74) is 6.31. The molecule has 0 saturated carbocycles. The number of nitrogens with two attached hydrogens (primary N) is 1. The highest BCUT2D eigenvalue weighted by Crippen LogP contribution is 2.22. The lowest BCUT2D eigenvalue weighted by molar-refractivity contribution is -0.132. The van der Waals surface area contributed by atoms with Crippen LogP contribution < -0.4 is 15.8 Å². The average molecular weight is 314 g/mol. The van der Waals surface area contributed by atoms with Crippen LogP contribution in [0.5, 0.6) is 5.75 Å².